The molecule has 2 rings (SSSR count). The number of aryl methyl sites for hydroxylation is 1. The molecule has 0 radical (unpaired) electrons. The number of nitrogen functional groups attached to an aromatic ring is 1. The van der Waals surface area contributed by atoms with Gasteiger partial charge >= 0.3 is 0 Å². The van der Waals surface area contributed by atoms with Gasteiger partial charge in [0.05, 0.1) is 16.3 Å². The predicted molar refractivity (Wildman–Crippen MR) is 72.9 cm³/mol. The van der Waals surface area contributed by atoms with Gasteiger partial charge in [-0.2, -0.15) is 0 Å². The van der Waals surface area contributed by atoms with E-state index in [9.17, 15) is 4.79 Å². The number of hydrogen-bond acceptors (Lipinski definition) is 5. The summed E-state index contributed by atoms with van der Waals surface area (Å²) in [6, 6.07) is 0. The van der Waals surface area contributed by atoms with Gasteiger partial charge in [-0.25, -0.2) is 9.97 Å². The maximum atomic E-state index is 11.9. The van der Waals surface area contributed by atoms with Crippen LogP contribution in [0.5, 0.6) is 0 Å². The standard InChI is InChI=1S/C12H16N4OS/c1-3-4-9-11(13)15-10(16-12(9)17)5-8-6-18-7(2)14-8/h6H,3-5H2,1-2H3,(H3,13,15,16,17). The second-order valence-electron chi connectivity index (χ2n) is 4.16. The number of aromatic nitrogens is 3. The summed E-state index contributed by atoms with van der Waals surface area (Å²) in [4.78, 5) is 23.2. The van der Waals surface area contributed by atoms with Gasteiger partial charge in [-0.15, -0.1) is 11.3 Å². The van der Waals surface area contributed by atoms with Gasteiger partial charge in [-0.05, 0) is 13.3 Å². The Bertz CT molecular complexity index is 602. The molecule has 0 aliphatic carbocycles. The monoisotopic (exact) mass is 264 g/mol. The number of nitrogens with zero attached hydrogens (tertiary/aromatic N) is 2. The molecule has 0 bridgehead atoms. The highest BCUT2D eigenvalue weighted by Crippen LogP contribution is 2.12. The Balaban J connectivity index is 2.28. The van der Waals surface area contributed by atoms with Crippen molar-refractivity contribution in [2.24, 2.45) is 0 Å². The van der Waals surface area contributed by atoms with Crippen LogP contribution in [0.3, 0.4) is 0 Å². The zero-order chi connectivity index (χ0) is 13.1. The van der Waals surface area contributed by atoms with Crippen LogP contribution >= 0.6 is 11.3 Å². The second-order valence-corrected chi connectivity index (χ2v) is 5.22. The first kappa shape index (κ1) is 12.8. The molecule has 3 N–H and O–H groups in total. The van der Waals surface area contributed by atoms with Crippen LogP contribution in [0.2, 0.25) is 0 Å². The molecule has 0 spiro atoms. The summed E-state index contributed by atoms with van der Waals surface area (Å²) in [6.45, 7) is 3.95. The highest BCUT2D eigenvalue weighted by molar-refractivity contribution is 7.09. The maximum absolute atomic E-state index is 11.9. The lowest BCUT2D eigenvalue weighted by atomic mass is 10.2. The number of H-pyrrole nitrogens is 1. The zero-order valence-electron chi connectivity index (χ0n) is 10.5. The van der Waals surface area contributed by atoms with E-state index in [0.29, 0.717) is 30.0 Å². The minimum absolute atomic E-state index is 0.133. The molecule has 0 fully saturated rings. The fraction of sp³-hybridized carbons (Fsp3) is 0.417. The summed E-state index contributed by atoms with van der Waals surface area (Å²) in [5, 5.41) is 2.97. The lowest BCUT2D eigenvalue weighted by Crippen LogP contribution is -2.20. The first-order chi connectivity index (χ1) is 8.60. The van der Waals surface area contributed by atoms with Crippen LogP contribution in [0.15, 0.2) is 10.2 Å². The molecule has 6 heteroatoms. The summed E-state index contributed by atoms with van der Waals surface area (Å²) in [6.07, 6.45) is 2.04. The Morgan fingerprint density at radius 2 is 2.22 bits per heavy atom. The van der Waals surface area contributed by atoms with E-state index in [-0.39, 0.29) is 5.56 Å². The molecule has 0 saturated heterocycles. The van der Waals surface area contributed by atoms with Crippen molar-refractivity contribution in [1.82, 2.24) is 15.0 Å². The van der Waals surface area contributed by atoms with Crippen LogP contribution in [-0.2, 0) is 12.8 Å². The number of hydrogen-bond donors (Lipinski definition) is 2. The van der Waals surface area contributed by atoms with Crippen molar-refractivity contribution in [3.8, 4) is 0 Å². The summed E-state index contributed by atoms with van der Waals surface area (Å²) < 4.78 is 0. The van der Waals surface area contributed by atoms with Gasteiger partial charge in [0.15, 0.2) is 0 Å². The molecule has 0 aliphatic heterocycles. The van der Waals surface area contributed by atoms with Gasteiger partial charge in [-0.1, -0.05) is 13.3 Å². The number of nitrogens with two attached hydrogens (primary N) is 1. The molecule has 0 aromatic carbocycles. The number of rotatable bonds is 4. The van der Waals surface area contributed by atoms with E-state index in [1.54, 1.807) is 11.3 Å². The summed E-state index contributed by atoms with van der Waals surface area (Å²) in [7, 11) is 0. The highest BCUT2D eigenvalue weighted by atomic mass is 32.1. The van der Waals surface area contributed by atoms with Gasteiger partial charge in [0.1, 0.15) is 11.6 Å². The van der Waals surface area contributed by atoms with Gasteiger partial charge in [0.25, 0.3) is 5.56 Å². The molecule has 96 valence electrons. The van der Waals surface area contributed by atoms with Crippen molar-refractivity contribution >= 4 is 17.2 Å². The predicted octanol–water partition coefficient (Wildman–Crippen LogP) is 1.66. The molecular formula is C12H16N4OS. The highest BCUT2D eigenvalue weighted by Gasteiger charge is 2.09. The van der Waals surface area contributed by atoms with E-state index in [2.05, 4.69) is 15.0 Å². The molecule has 0 aliphatic rings. The quantitative estimate of drug-likeness (QED) is 0.879. The summed E-state index contributed by atoms with van der Waals surface area (Å²) in [5.41, 5.74) is 7.17. The molecule has 5 nitrogen and oxygen atoms in total. The van der Waals surface area contributed by atoms with Crippen molar-refractivity contribution in [2.75, 3.05) is 5.73 Å². The van der Waals surface area contributed by atoms with Gasteiger partial charge in [-0.3, -0.25) is 4.79 Å². The minimum atomic E-state index is -0.133. The molecule has 0 unspecified atom stereocenters. The number of thiazole rings is 1. The largest absolute Gasteiger partial charge is 0.383 e. The first-order valence-electron chi connectivity index (χ1n) is 5.88. The molecular weight excluding hydrogens is 248 g/mol. The van der Waals surface area contributed by atoms with Crippen molar-refractivity contribution in [1.29, 1.82) is 0 Å². The molecule has 0 amide bonds. The zero-order valence-corrected chi connectivity index (χ0v) is 11.3. The lowest BCUT2D eigenvalue weighted by Gasteiger charge is -2.05. The van der Waals surface area contributed by atoms with Crippen molar-refractivity contribution in [3.05, 3.63) is 37.8 Å². The topological polar surface area (TPSA) is 84.7 Å². The van der Waals surface area contributed by atoms with E-state index in [0.717, 1.165) is 17.1 Å². The Hall–Kier alpha value is -1.69. The number of nitrogens with one attached hydrogen (secondary N) is 1. The minimum Gasteiger partial charge on any atom is -0.383 e. The second kappa shape index (κ2) is 5.30. The summed E-state index contributed by atoms with van der Waals surface area (Å²) >= 11 is 1.58. The molecule has 0 atom stereocenters. The van der Waals surface area contributed by atoms with Gasteiger partial charge in [0, 0.05) is 11.8 Å². The van der Waals surface area contributed by atoms with Crippen LogP contribution in [0.1, 0.15) is 35.4 Å². The number of aromatic amines is 1. The first-order valence-corrected chi connectivity index (χ1v) is 6.76. The van der Waals surface area contributed by atoms with Crippen LogP contribution in [-0.4, -0.2) is 15.0 Å². The van der Waals surface area contributed by atoms with E-state index in [1.165, 1.54) is 0 Å². The Morgan fingerprint density at radius 3 is 2.78 bits per heavy atom. The van der Waals surface area contributed by atoms with Crippen LogP contribution in [0, 0.1) is 6.92 Å². The molecule has 2 aromatic heterocycles. The SMILES string of the molecule is CCCc1c(N)nc(Cc2csc(C)n2)[nH]c1=O. The molecule has 18 heavy (non-hydrogen) atoms. The van der Waals surface area contributed by atoms with E-state index < -0.39 is 0 Å². The third kappa shape index (κ3) is 2.76. The lowest BCUT2D eigenvalue weighted by molar-refractivity contribution is 0.857. The molecule has 2 heterocycles. The van der Waals surface area contributed by atoms with E-state index in [4.69, 9.17) is 5.73 Å². The molecule has 0 saturated carbocycles. The van der Waals surface area contributed by atoms with Crippen molar-refractivity contribution in [3.63, 3.8) is 0 Å². The van der Waals surface area contributed by atoms with E-state index in [1.807, 2.05) is 19.2 Å². The fourth-order valence-electron chi connectivity index (χ4n) is 1.80. The normalized spacial score (nSPS) is 10.8. The van der Waals surface area contributed by atoms with Crippen molar-refractivity contribution in [2.45, 2.75) is 33.1 Å². The van der Waals surface area contributed by atoms with Gasteiger partial charge < -0.3 is 10.7 Å². The Kier molecular flexibility index (Phi) is 3.76. The molecule has 2 aromatic rings. The van der Waals surface area contributed by atoms with Crippen LogP contribution < -0.4 is 11.3 Å². The van der Waals surface area contributed by atoms with E-state index >= 15 is 0 Å². The summed E-state index contributed by atoms with van der Waals surface area (Å²) in [5.74, 6) is 0.908. The number of anilines is 1. The third-order valence-corrected chi connectivity index (χ3v) is 3.43. The van der Waals surface area contributed by atoms with Gasteiger partial charge in [0.2, 0.25) is 0 Å². The maximum Gasteiger partial charge on any atom is 0.256 e. The average molecular weight is 264 g/mol. The fourth-order valence-corrected chi connectivity index (χ4v) is 2.41. The van der Waals surface area contributed by atoms with Crippen LogP contribution in [0.4, 0.5) is 5.82 Å². The van der Waals surface area contributed by atoms with Crippen molar-refractivity contribution < 1.29 is 0 Å². The smallest absolute Gasteiger partial charge is 0.256 e. The third-order valence-electron chi connectivity index (χ3n) is 2.61. The van der Waals surface area contributed by atoms with Crippen LogP contribution in [0.25, 0.3) is 0 Å². The Morgan fingerprint density at radius 1 is 1.44 bits per heavy atom. The Labute approximate surface area is 109 Å². The average Bonchev–Trinajstić information content (AvgIpc) is 2.69.